The van der Waals surface area contributed by atoms with Crippen LogP contribution in [0.1, 0.15) is 23.7 Å². The maximum absolute atomic E-state index is 9.66. The Morgan fingerprint density at radius 1 is 1.54 bits per heavy atom. The number of methoxy groups -OCH3 is 1. The van der Waals surface area contributed by atoms with Gasteiger partial charge < -0.3 is 9.84 Å². The largest absolute Gasteiger partial charge is 0.497 e. The minimum absolute atomic E-state index is 0.405. The molecule has 0 unspecified atom stereocenters. The summed E-state index contributed by atoms with van der Waals surface area (Å²) >= 11 is 0. The fraction of sp³-hybridized carbons (Fsp3) is 0.273. The quantitative estimate of drug-likeness (QED) is 0.710. The number of hydrogen-bond donors (Lipinski definition) is 1. The van der Waals surface area contributed by atoms with Gasteiger partial charge in [-0.2, -0.15) is 0 Å². The highest BCUT2D eigenvalue weighted by Crippen LogP contribution is 2.39. The molecule has 1 aliphatic carbocycles. The average molecular weight is 176 g/mol. The Labute approximate surface area is 77.5 Å². The molecular formula is C11H12O2. The Bertz CT molecular complexity index is 355. The van der Waals surface area contributed by atoms with E-state index in [0.717, 1.165) is 22.4 Å². The third-order valence-corrected chi connectivity index (χ3v) is 2.44. The van der Waals surface area contributed by atoms with E-state index in [4.69, 9.17) is 4.74 Å². The molecule has 2 nitrogen and oxygen atoms in total. The minimum atomic E-state index is -0.405. The molecule has 0 heterocycles. The highest BCUT2D eigenvalue weighted by atomic mass is 16.5. The van der Waals surface area contributed by atoms with Crippen LogP contribution >= 0.6 is 0 Å². The van der Waals surface area contributed by atoms with Gasteiger partial charge in [-0.1, -0.05) is 12.6 Å². The summed E-state index contributed by atoms with van der Waals surface area (Å²) in [5.41, 5.74) is 3.00. The Hall–Kier alpha value is -1.28. The highest BCUT2D eigenvalue weighted by molar-refractivity contribution is 5.72. The van der Waals surface area contributed by atoms with Gasteiger partial charge in [0.15, 0.2) is 0 Å². The lowest BCUT2D eigenvalue weighted by Crippen LogP contribution is -1.91. The molecule has 68 valence electrons. The van der Waals surface area contributed by atoms with Crippen molar-refractivity contribution in [1.82, 2.24) is 0 Å². The molecule has 13 heavy (non-hydrogen) atoms. The molecule has 0 bridgehead atoms. The van der Waals surface area contributed by atoms with Crippen molar-refractivity contribution in [2.24, 2.45) is 0 Å². The molecule has 0 spiro atoms. The van der Waals surface area contributed by atoms with E-state index in [2.05, 4.69) is 6.58 Å². The van der Waals surface area contributed by atoms with Crippen LogP contribution in [0.25, 0.3) is 5.57 Å². The van der Waals surface area contributed by atoms with Gasteiger partial charge in [0.05, 0.1) is 13.2 Å². The zero-order valence-electron chi connectivity index (χ0n) is 7.58. The van der Waals surface area contributed by atoms with Gasteiger partial charge in [-0.3, -0.25) is 0 Å². The number of ether oxygens (including phenoxy) is 1. The van der Waals surface area contributed by atoms with Crippen molar-refractivity contribution in [3.63, 3.8) is 0 Å². The lowest BCUT2D eigenvalue weighted by atomic mass is 10.1. The fourth-order valence-corrected chi connectivity index (χ4v) is 1.72. The molecule has 1 atom stereocenters. The van der Waals surface area contributed by atoms with Crippen LogP contribution < -0.4 is 4.74 Å². The van der Waals surface area contributed by atoms with E-state index >= 15 is 0 Å². The molecule has 1 N–H and O–H groups in total. The van der Waals surface area contributed by atoms with Crippen LogP contribution in [0.4, 0.5) is 0 Å². The second-order valence-corrected chi connectivity index (χ2v) is 3.28. The first-order valence-corrected chi connectivity index (χ1v) is 4.26. The molecule has 1 aromatic carbocycles. The van der Waals surface area contributed by atoms with E-state index in [1.807, 2.05) is 18.2 Å². The Kier molecular flexibility index (Phi) is 1.85. The maximum atomic E-state index is 9.66. The van der Waals surface area contributed by atoms with Crippen molar-refractivity contribution in [3.05, 3.63) is 35.9 Å². The zero-order valence-corrected chi connectivity index (χ0v) is 7.58. The molecule has 0 saturated carbocycles. The van der Waals surface area contributed by atoms with Crippen LogP contribution in [0.3, 0.4) is 0 Å². The molecule has 0 amide bonds. The van der Waals surface area contributed by atoms with Crippen LogP contribution in [0.15, 0.2) is 24.8 Å². The summed E-state index contributed by atoms with van der Waals surface area (Å²) in [6, 6.07) is 5.72. The van der Waals surface area contributed by atoms with Gasteiger partial charge in [-0.25, -0.2) is 0 Å². The molecule has 2 heteroatoms. The van der Waals surface area contributed by atoms with Crippen molar-refractivity contribution in [3.8, 4) is 5.75 Å². The van der Waals surface area contributed by atoms with Crippen LogP contribution in [0.5, 0.6) is 5.75 Å². The number of benzene rings is 1. The average Bonchev–Trinajstić information content (AvgIpc) is 2.42. The second kappa shape index (κ2) is 2.89. The Balaban J connectivity index is 2.52. The number of rotatable bonds is 1. The van der Waals surface area contributed by atoms with Gasteiger partial charge in [0.25, 0.3) is 0 Å². The number of aliphatic hydroxyl groups is 1. The van der Waals surface area contributed by atoms with Crippen molar-refractivity contribution >= 4 is 5.57 Å². The van der Waals surface area contributed by atoms with Crippen LogP contribution in [0.2, 0.25) is 0 Å². The minimum Gasteiger partial charge on any atom is -0.497 e. The molecule has 0 aliphatic heterocycles. The second-order valence-electron chi connectivity index (χ2n) is 3.28. The molecule has 0 radical (unpaired) electrons. The third-order valence-electron chi connectivity index (χ3n) is 2.44. The number of aliphatic hydroxyl groups excluding tert-OH is 1. The van der Waals surface area contributed by atoms with E-state index in [9.17, 15) is 5.11 Å². The summed E-state index contributed by atoms with van der Waals surface area (Å²) in [6.07, 6.45) is 0.236. The van der Waals surface area contributed by atoms with Crippen molar-refractivity contribution in [1.29, 1.82) is 0 Å². The molecule has 1 aromatic rings. The van der Waals surface area contributed by atoms with Gasteiger partial charge in [-0.15, -0.1) is 0 Å². The van der Waals surface area contributed by atoms with Gasteiger partial charge >= 0.3 is 0 Å². The molecule has 1 aliphatic rings. The molecule has 0 saturated heterocycles. The lowest BCUT2D eigenvalue weighted by Gasteiger charge is -2.05. The summed E-state index contributed by atoms with van der Waals surface area (Å²) in [5.74, 6) is 0.785. The lowest BCUT2D eigenvalue weighted by molar-refractivity contribution is 0.190. The number of hydrogen-bond acceptors (Lipinski definition) is 2. The summed E-state index contributed by atoms with van der Waals surface area (Å²) in [7, 11) is 1.62. The van der Waals surface area contributed by atoms with Gasteiger partial charge in [0.2, 0.25) is 0 Å². The predicted molar refractivity (Wildman–Crippen MR) is 51.6 cm³/mol. The molecule has 0 aromatic heterocycles. The van der Waals surface area contributed by atoms with Gasteiger partial charge in [0.1, 0.15) is 5.75 Å². The van der Waals surface area contributed by atoms with E-state index < -0.39 is 6.10 Å². The molecule has 0 fully saturated rings. The predicted octanol–water partition coefficient (Wildman–Crippen LogP) is 2.15. The van der Waals surface area contributed by atoms with Crippen molar-refractivity contribution < 1.29 is 9.84 Å². The Morgan fingerprint density at radius 2 is 2.31 bits per heavy atom. The normalized spacial score (nSPS) is 20.2. The Morgan fingerprint density at radius 3 is 3.00 bits per heavy atom. The zero-order chi connectivity index (χ0) is 9.42. The highest BCUT2D eigenvalue weighted by Gasteiger charge is 2.23. The van der Waals surface area contributed by atoms with Crippen molar-refractivity contribution in [2.75, 3.05) is 7.11 Å². The maximum Gasteiger partial charge on any atom is 0.119 e. The molecule has 2 rings (SSSR count). The van der Waals surface area contributed by atoms with E-state index in [1.165, 1.54) is 0 Å². The summed E-state index contributed by atoms with van der Waals surface area (Å²) in [5, 5.41) is 9.66. The smallest absolute Gasteiger partial charge is 0.119 e. The van der Waals surface area contributed by atoms with Crippen LogP contribution in [-0.2, 0) is 0 Å². The summed E-state index contributed by atoms with van der Waals surface area (Å²) in [4.78, 5) is 0. The van der Waals surface area contributed by atoms with E-state index in [0.29, 0.717) is 6.42 Å². The summed E-state index contributed by atoms with van der Waals surface area (Å²) in [6.45, 7) is 3.90. The molecular weight excluding hydrogens is 164 g/mol. The summed E-state index contributed by atoms with van der Waals surface area (Å²) < 4.78 is 5.08. The standard InChI is InChI=1S/C11H12O2/c1-7-5-11(12)10-6-8(13-2)3-4-9(7)10/h3-4,6,11-12H,1,5H2,2H3/t11-/m0/s1. The SMILES string of the molecule is C=C1C[C@H](O)c2cc(OC)ccc21. The van der Waals surface area contributed by atoms with Gasteiger partial charge in [0, 0.05) is 6.42 Å². The van der Waals surface area contributed by atoms with Crippen LogP contribution in [-0.4, -0.2) is 12.2 Å². The van der Waals surface area contributed by atoms with E-state index in [1.54, 1.807) is 7.11 Å². The van der Waals surface area contributed by atoms with E-state index in [-0.39, 0.29) is 0 Å². The van der Waals surface area contributed by atoms with Gasteiger partial charge in [-0.05, 0) is 28.8 Å². The van der Waals surface area contributed by atoms with Crippen molar-refractivity contribution in [2.45, 2.75) is 12.5 Å². The first-order chi connectivity index (χ1) is 6.22. The number of fused-ring (bicyclic) bond motifs is 1. The first kappa shape index (κ1) is 8.32. The fourth-order valence-electron chi connectivity index (χ4n) is 1.72. The topological polar surface area (TPSA) is 29.5 Å². The van der Waals surface area contributed by atoms with Crippen LogP contribution in [0, 0.1) is 0 Å². The third kappa shape index (κ3) is 1.23. The monoisotopic (exact) mass is 176 g/mol. The first-order valence-electron chi connectivity index (χ1n) is 4.26.